The first-order chi connectivity index (χ1) is 10.3. The summed E-state index contributed by atoms with van der Waals surface area (Å²) in [7, 11) is -3.76. The highest BCUT2D eigenvalue weighted by Crippen LogP contribution is 2.24. The number of hydrogen-bond donors (Lipinski definition) is 2. The number of carbonyl (C=O) groups excluding carboxylic acids is 1. The van der Waals surface area contributed by atoms with Gasteiger partial charge in [-0.3, -0.25) is 9.52 Å². The van der Waals surface area contributed by atoms with Crippen molar-refractivity contribution >= 4 is 38.9 Å². The van der Waals surface area contributed by atoms with Crippen molar-refractivity contribution in [3.05, 3.63) is 53.1 Å². The van der Waals surface area contributed by atoms with E-state index >= 15 is 0 Å². The Morgan fingerprint density at radius 1 is 1.09 bits per heavy atom. The van der Waals surface area contributed by atoms with E-state index in [9.17, 15) is 13.2 Å². The van der Waals surface area contributed by atoms with Gasteiger partial charge in [-0.1, -0.05) is 23.7 Å². The van der Waals surface area contributed by atoms with E-state index in [0.29, 0.717) is 22.0 Å². The topological polar surface area (TPSA) is 75.3 Å². The summed E-state index contributed by atoms with van der Waals surface area (Å²) in [5, 5.41) is 2.94. The van der Waals surface area contributed by atoms with Crippen LogP contribution in [0.3, 0.4) is 0 Å². The SMILES string of the molecule is CC(=O)Nc1cccc(NS(=O)(=O)c2cc(Cl)ccc2C)c1. The second-order valence-corrected chi connectivity index (χ2v) is 6.86. The molecule has 2 N–H and O–H groups in total. The number of sulfonamides is 1. The Hall–Kier alpha value is -2.05. The maximum atomic E-state index is 12.5. The molecule has 1 amide bonds. The van der Waals surface area contributed by atoms with Gasteiger partial charge in [0, 0.05) is 17.6 Å². The van der Waals surface area contributed by atoms with Gasteiger partial charge in [0.05, 0.1) is 10.6 Å². The molecular formula is C15H15ClN2O3S. The van der Waals surface area contributed by atoms with Gasteiger partial charge in [0.25, 0.3) is 10.0 Å². The predicted molar refractivity (Wildman–Crippen MR) is 87.7 cm³/mol. The normalized spacial score (nSPS) is 11.0. The summed E-state index contributed by atoms with van der Waals surface area (Å²) in [6, 6.07) is 11.1. The Morgan fingerprint density at radius 3 is 2.45 bits per heavy atom. The molecule has 2 aromatic carbocycles. The van der Waals surface area contributed by atoms with Crippen molar-refractivity contribution in [3.63, 3.8) is 0 Å². The monoisotopic (exact) mass is 338 g/mol. The third kappa shape index (κ3) is 3.99. The summed E-state index contributed by atoms with van der Waals surface area (Å²) < 4.78 is 27.4. The van der Waals surface area contributed by atoms with Gasteiger partial charge in [0.15, 0.2) is 0 Å². The molecule has 0 aliphatic carbocycles. The van der Waals surface area contributed by atoms with E-state index in [2.05, 4.69) is 10.0 Å². The second kappa shape index (κ2) is 6.37. The lowest BCUT2D eigenvalue weighted by atomic mass is 10.2. The molecule has 0 atom stereocenters. The van der Waals surface area contributed by atoms with Gasteiger partial charge >= 0.3 is 0 Å². The molecule has 0 saturated heterocycles. The molecule has 0 aliphatic heterocycles. The molecule has 116 valence electrons. The minimum absolute atomic E-state index is 0.116. The van der Waals surface area contributed by atoms with Gasteiger partial charge in [-0.2, -0.15) is 0 Å². The first kappa shape index (κ1) is 16.3. The quantitative estimate of drug-likeness (QED) is 0.897. The molecule has 2 aromatic rings. The summed E-state index contributed by atoms with van der Waals surface area (Å²) >= 11 is 5.87. The minimum atomic E-state index is -3.76. The van der Waals surface area contributed by atoms with E-state index in [4.69, 9.17) is 11.6 Å². The van der Waals surface area contributed by atoms with Gasteiger partial charge in [0.1, 0.15) is 0 Å². The number of aryl methyl sites for hydroxylation is 1. The number of hydrogen-bond acceptors (Lipinski definition) is 3. The molecule has 0 fully saturated rings. The standard InChI is InChI=1S/C15H15ClN2O3S/c1-10-6-7-12(16)8-15(10)22(20,21)18-14-5-3-4-13(9-14)17-11(2)19/h3-9,18H,1-2H3,(H,17,19). The molecule has 0 spiro atoms. The van der Waals surface area contributed by atoms with Crippen LogP contribution in [-0.2, 0) is 14.8 Å². The summed E-state index contributed by atoms with van der Waals surface area (Å²) in [5.41, 5.74) is 1.45. The van der Waals surface area contributed by atoms with Crippen molar-refractivity contribution in [2.45, 2.75) is 18.7 Å². The van der Waals surface area contributed by atoms with E-state index in [1.165, 1.54) is 13.0 Å². The van der Waals surface area contributed by atoms with Crippen LogP contribution in [0.5, 0.6) is 0 Å². The molecule has 0 aliphatic rings. The largest absolute Gasteiger partial charge is 0.326 e. The first-order valence-corrected chi connectivity index (χ1v) is 8.31. The Balaban J connectivity index is 2.33. The van der Waals surface area contributed by atoms with Crippen LogP contribution in [0.25, 0.3) is 0 Å². The van der Waals surface area contributed by atoms with Crippen molar-refractivity contribution in [1.29, 1.82) is 0 Å². The highest BCUT2D eigenvalue weighted by Gasteiger charge is 2.17. The highest BCUT2D eigenvalue weighted by molar-refractivity contribution is 7.92. The molecule has 22 heavy (non-hydrogen) atoms. The molecule has 0 saturated carbocycles. The van der Waals surface area contributed by atoms with Gasteiger partial charge in [-0.05, 0) is 42.8 Å². The zero-order valence-corrected chi connectivity index (χ0v) is 13.6. The summed E-state index contributed by atoms with van der Waals surface area (Å²) in [5.74, 6) is -0.231. The van der Waals surface area contributed by atoms with Crippen molar-refractivity contribution in [2.24, 2.45) is 0 Å². The van der Waals surface area contributed by atoms with Crippen molar-refractivity contribution in [3.8, 4) is 0 Å². The van der Waals surface area contributed by atoms with Crippen LogP contribution in [-0.4, -0.2) is 14.3 Å². The summed E-state index contributed by atoms with van der Waals surface area (Å²) in [4.78, 5) is 11.2. The van der Waals surface area contributed by atoms with Gasteiger partial charge in [0.2, 0.25) is 5.91 Å². The summed E-state index contributed by atoms with van der Waals surface area (Å²) in [6.45, 7) is 3.07. The number of anilines is 2. The number of benzene rings is 2. The lowest BCUT2D eigenvalue weighted by molar-refractivity contribution is -0.114. The molecule has 0 radical (unpaired) electrons. The van der Waals surface area contributed by atoms with E-state index < -0.39 is 10.0 Å². The summed E-state index contributed by atoms with van der Waals surface area (Å²) in [6.07, 6.45) is 0. The first-order valence-electron chi connectivity index (χ1n) is 6.44. The number of carbonyl (C=O) groups is 1. The number of amides is 1. The number of rotatable bonds is 4. The Kier molecular flexibility index (Phi) is 4.73. The van der Waals surface area contributed by atoms with Crippen LogP contribution in [0.1, 0.15) is 12.5 Å². The Bertz CT molecular complexity index is 819. The van der Waals surface area contributed by atoms with Crippen LogP contribution in [0.15, 0.2) is 47.4 Å². The van der Waals surface area contributed by atoms with Crippen LogP contribution >= 0.6 is 11.6 Å². The lowest BCUT2D eigenvalue weighted by Gasteiger charge is -2.12. The van der Waals surface area contributed by atoms with Crippen LogP contribution < -0.4 is 10.0 Å². The highest BCUT2D eigenvalue weighted by atomic mass is 35.5. The van der Waals surface area contributed by atoms with E-state index in [1.54, 1.807) is 43.3 Å². The van der Waals surface area contributed by atoms with Gasteiger partial charge < -0.3 is 5.32 Å². The Morgan fingerprint density at radius 2 is 1.77 bits per heavy atom. The lowest BCUT2D eigenvalue weighted by Crippen LogP contribution is -2.14. The van der Waals surface area contributed by atoms with E-state index in [0.717, 1.165) is 0 Å². The number of nitrogens with one attached hydrogen (secondary N) is 2. The van der Waals surface area contributed by atoms with E-state index in [-0.39, 0.29) is 10.8 Å². The zero-order chi connectivity index (χ0) is 16.3. The maximum absolute atomic E-state index is 12.5. The fourth-order valence-electron chi connectivity index (χ4n) is 1.94. The van der Waals surface area contributed by atoms with Crippen molar-refractivity contribution in [2.75, 3.05) is 10.0 Å². The molecule has 0 aromatic heterocycles. The second-order valence-electron chi connectivity index (χ2n) is 4.78. The van der Waals surface area contributed by atoms with E-state index in [1.807, 2.05) is 0 Å². The van der Waals surface area contributed by atoms with Crippen molar-refractivity contribution in [1.82, 2.24) is 0 Å². The van der Waals surface area contributed by atoms with Crippen LogP contribution in [0.4, 0.5) is 11.4 Å². The third-order valence-corrected chi connectivity index (χ3v) is 4.63. The minimum Gasteiger partial charge on any atom is -0.326 e. The Labute approximate surface area is 134 Å². The third-order valence-electron chi connectivity index (χ3n) is 2.87. The molecule has 0 heterocycles. The average molecular weight is 339 g/mol. The molecule has 0 bridgehead atoms. The number of halogens is 1. The molecule has 2 rings (SSSR count). The predicted octanol–water partition coefficient (Wildman–Crippen LogP) is 3.41. The molecule has 0 unspecified atom stereocenters. The maximum Gasteiger partial charge on any atom is 0.262 e. The van der Waals surface area contributed by atoms with Gasteiger partial charge in [-0.15, -0.1) is 0 Å². The van der Waals surface area contributed by atoms with Gasteiger partial charge in [-0.25, -0.2) is 8.42 Å². The smallest absolute Gasteiger partial charge is 0.262 e. The molecular weight excluding hydrogens is 324 g/mol. The van der Waals surface area contributed by atoms with Crippen LogP contribution in [0.2, 0.25) is 5.02 Å². The molecule has 7 heteroatoms. The fraction of sp³-hybridized carbons (Fsp3) is 0.133. The molecule has 5 nitrogen and oxygen atoms in total. The van der Waals surface area contributed by atoms with Crippen LogP contribution in [0, 0.1) is 6.92 Å². The fourth-order valence-corrected chi connectivity index (χ4v) is 3.50. The van der Waals surface area contributed by atoms with Crippen molar-refractivity contribution < 1.29 is 13.2 Å². The zero-order valence-electron chi connectivity index (χ0n) is 12.1. The average Bonchev–Trinajstić information content (AvgIpc) is 2.40.